The molecule has 2 aromatic rings. The minimum absolute atomic E-state index is 0.254. The fourth-order valence-electron chi connectivity index (χ4n) is 3.39. The normalized spacial score (nSPS) is 22.6. The molecule has 0 N–H and O–H groups in total. The van der Waals surface area contributed by atoms with Gasteiger partial charge in [0.05, 0.1) is 0 Å². The van der Waals surface area contributed by atoms with E-state index in [1.54, 1.807) is 7.05 Å². The van der Waals surface area contributed by atoms with Crippen molar-refractivity contribution >= 4 is 39.4 Å². The van der Waals surface area contributed by atoms with Gasteiger partial charge in [0, 0.05) is 29.8 Å². The maximum atomic E-state index is 12.9. The second-order valence-electron chi connectivity index (χ2n) is 6.31. The second-order valence-corrected chi connectivity index (χ2v) is 7.23. The van der Waals surface area contributed by atoms with E-state index < -0.39 is 12.2 Å². The number of amidine groups is 1. The fourth-order valence-corrected chi connectivity index (χ4v) is 3.65. The molecular formula is C19H17BrN4O2. The number of nitrogens with zero attached hydrogens (tertiary/aromatic N) is 4. The average Bonchev–Trinajstić information content (AvgIpc) is 3.07. The maximum Gasteiger partial charge on any atom is 0.328 e. The molecule has 2 atom stereocenters. The Hall–Kier alpha value is -2.67. The predicted molar refractivity (Wildman–Crippen MR) is 103 cm³/mol. The number of rotatable bonds is 2. The molecule has 0 radical (unpaired) electrons. The lowest BCUT2D eigenvalue weighted by Crippen LogP contribution is -2.64. The van der Waals surface area contributed by atoms with E-state index in [0.29, 0.717) is 5.84 Å². The standard InChI is InChI=1S/C19H17BrN4O2/c1-22-17-15(18(25)23(2)19(22)26)24(14-10-8-13(20)9-11-14)16(21-17)12-6-4-3-5-7-12/h3-11,15,17H,1-2H3. The Morgan fingerprint density at radius 2 is 1.62 bits per heavy atom. The molecule has 0 spiro atoms. The van der Waals surface area contributed by atoms with Gasteiger partial charge in [-0.2, -0.15) is 0 Å². The van der Waals surface area contributed by atoms with Crippen molar-refractivity contribution in [1.29, 1.82) is 0 Å². The summed E-state index contributed by atoms with van der Waals surface area (Å²) in [6.07, 6.45) is -0.551. The van der Waals surface area contributed by atoms with Crippen molar-refractivity contribution in [3.63, 3.8) is 0 Å². The zero-order chi connectivity index (χ0) is 18.4. The van der Waals surface area contributed by atoms with Crippen molar-refractivity contribution in [2.45, 2.75) is 12.2 Å². The molecule has 0 saturated carbocycles. The third kappa shape index (κ3) is 2.50. The van der Waals surface area contributed by atoms with E-state index in [2.05, 4.69) is 15.9 Å². The Balaban J connectivity index is 1.87. The van der Waals surface area contributed by atoms with Crippen LogP contribution in [0.2, 0.25) is 0 Å². The van der Waals surface area contributed by atoms with Crippen LogP contribution >= 0.6 is 15.9 Å². The third-order valence-corrected chi connectivity index (χ3v) is 5.28. The largest absolute Gasteiger partial charge is 0.328 e. The first-order valence-electron chi connectivity index (χ1n) is 8.21. The number of likely N-dealkylation sites (N-methyl/N-ethyl adjacent to an activating group) is 2. The summed E-state index contributed by atoms with van der Waals surface area (Å²) < 4.78 is 0.953. The summed E-state index contributed by atoms with van der Waals surface area (Å²) in [6.45, 7) is 0. The summed E-state index contributed by atoms with van der Waals surface area (Å²) in [7, 11) is 3.19. The van der Waals surface area contributed by atoms with Gasteiger partial charge in [0.25, 0.3) is 5.91 Å². The minimum atomic E-state index is -0.584. The highest BCUT2D eigenvalue weighted by Crippen LogP contribution is 2.34. The Bertz CT molecular complexity index is 898. The molecule has 0 aliphatic carbocycles. The van der Waals surface area contributed by atoms with Gasteiger partial charge in [0.2, 0.25) is 0 Å². The van der Waals surface area contributed by atoms with Crippen molar-refractivity contribution in [1.82, 2.24) is 9.80 Å². The molecule has 4 rings (SSSR count). The molecule has 132 valence electrons. The van der Waals surface area contributed by atoms with Gasteiger partial charge < -0.3 is 9.80 Å². The average molecular weight is 413 g/mol. The van der Waals surface area contributed by atoms with Crippen molar-refractivity contribution in [2.24, 2.45) is 4.99 Å². The van der Waals surface area contributed by atoms with Crippen LogP contribution in [0.3, 0.4) is 0 Å². The summed E-state index contributed by atoms with van der Waals surface area (Å²) in [5.41, 5.74) is 1.76. The summed E-state index contributed by atoms with van der Waals surface area (Å²) in [6, 6.07) is 16.5. The molecule has 6 nitrogen and oxygen atoms in total. The monoisotopic (exact) mass is 412 g/mol. The number of aliphatic imine (C=N–C) groups is 1. The Morgan fingerprint density at radius 3 is 2.27 bits per heavy atom. The van der Waals surface area contributed by atoms with Crippen LogP contribution in [0.25, 0.3) is 0 Å². The van der Waals surface area contributed by atoms with E-state index in [1.807, 2.05) is 59.5 Å². The van der Waals surface area contributed by atoms with E-state index >= 15 is 0 Å². The smallest absolute Gasteiger partial charge is 0.309 e. The van der Waals surface area contributed by atoms with Crippen molar-refractivity contribution in [3.05, 3.63) is 64.6 Å². The van der Waals surface area contributed by atoms with Gasteiger partial charge >= 0.3 is 6.03 Å². The van der Waals surface area contributed by atoms with Crippen LogP contribution < -0.4 is 4.90 Å². The Labute approximate surface area is 159 Å². The van der Waals surface area contributed by atoms with Gasteiger partial charge in [-0.15, -0.1) is 0 Å². The number of imide groups is 1. The molecule has 2 aliphatic heterocycles. The molecule has 1 saturated heterocycles. The van der Waals surface area contributed by atoms with Gasteiger partial charge in [-0.1, -0.05) is 46.3 Å². The predicted octanol–water partition coefficient (Wildman–Crippen LogP) is 2.93. The van der Waals surface area contributed by atoms with Crippen LogP contribution in [0.1, 0.15) is 5.56 Å². The molecular weight excluding hydrogens is 396 g/mol. The molecule has 2 unspecified atom stereocenters. The van der Waals surface area contributed by atoms with Gasteiger partial charge in [-0.25, -0.2) is 9.79 Å². The molecule has 2 heterocycles. The first-order chi connectivity index (χ1) is 12.5. The van der Waals surface area contributed by atoms with E-state index in [-0.39, 0.29) is 11.9 Å². The molecule has 2 aromatic carbocycles. The van der Waals surface area contributed by atoms with Crippen molar-refractivity contribution in [2.75, 3.05) is 19.0 Å². The Kier molecular flexibility index (Phi) is 4.03. The summed E-state index contributed by atoms with van der Waals surface area (Å²) in [5.74, 6) is 0.432. The molecule has 2 aliphatic rings. The number of fused-ring (bicyclic) bond motifs is 1. The van der Waals surface area contributed by atoms with E-state index in [1.165, 1.54) is 11.9 Å². The topological polar surface area (TPSA) is 56.2 Å². The zero-order valence-electron chi connectivity index (χ0n) is 14.3. The van der Waals surface area contributed by atoms with Crippen LogP contribution in [-0.4, -0.2) is 53.9 Å². The number of urea groups is 1. The Morgan fingerprint density at radius 1 is 0.962 bits per heavy atom. The lowest BCUT2D eigenvalue weighted by molar-refractivity contribution is -0.132. The van der Waals surface area contributed by atoms with Crippen LogP contribution in [0.5, 0.6) is 0 Å². The van der Waals surface area contributed by atoms with Gasteiger partial charge in [0.15, 0.2) is 12.2 Å². The number of halogens is 1. The number of carbonyl (C=O) groups excluding carboxylic acids is 2. The highest BCUT2D eigenvalue weighted by atomic mass is 79.9. The van der Waals surface area contributed by atoms with Crippen LogP contribution in [0, 0.1) is 0 Å². The van der Waals surface area contributed by atoms with E-state index in [4.69, 9.17) is 4.99 Å². The van der Waals surface area contributed by atoms with Crippen molar-refractivity contribution in [3.8, 4) is 0 Å². The van der Waals surface area contributed by atoms with Gasteiger partial charge in [-0.3, -0.25) is 9.69 Å². The summed E-state index contributed by atoms with van der Waals surface area (Å²) in [4.78, 5) is 34.7. The number of hydrogen-bond donors (Lipinski definition) is 0. The van der Waals surface area contributed by atoms with E-state index in [0.717, 1.165) is 20.6 Å². The summed E-state index contributed by atoms with van der Waals surface area (Å²) in [5, 5.41) is 0. The van der Waals surface area contributed by atoms with Crippen LogP contribution in [0.15, 0.2) is 64.1 Å². The third-order valence-electron chi connectivity index (χ3n) is 4.75. The number of amides is 3. The lowest BCUT2D eigenvalue weighted by Gasteiger charge is -2.40. The molecule has 26 heavy (non-hydrogen) atoms. The van der Waals surface area contributed by atoms with Gasteiger partial charge in [-0.05, 0) is 24.3 Å². The minimum Gasteiger partial charge on any atom is -0.309 e. The highest BCUT2D eigenvalue weighted by Gasteiger charge is 2.51. The van der Waals surface area contributed by atoms with Crippen LogP contribution in [-0.2, 0) is 4.79 Å². The SMILES string of the molecule is CN1C(=O)C2C(N=C(c3ccccc3)N2c2ccc(Br)cc2)N(C)C1=O. The summed E-state index contributed by atoms with van der Waals surface area (Å²) >= 11 is 3.44. The van der Waals surface area contributed by atoms with Crippen molar-refractivity contribution < 1.29 is 9.59 Å². The first kappa shape index (κ1) is 16.8. The fraction of sp³-hybridized carbons (Fsp3) is 0.211. The van der Waals surface area contributed by atoms with E-state index in [9.17, 15) is 9.59 Å². The second kappa shape index (κ2) is 6.25. The number of benzene rings is 2. The quantitative estimate of drug-likeness (QED) is 0.761. The van der Waals surface area contributed by atoms with Crippen LogP contribution in [0.4, 0.5) is 10.5 Å². The van der Waals surface area contributed by atoms with Gasteiger partial charge in [0.1, 0.15) is 5.84 Å². The first-order valence-corrected chi connectivity index (χ1v) is 9.00. The molecule has 0 aromatic heterocycles. The molecule has 3 amide bonds. The zero-order valence-corrected chi connectivity index (χ0v) is 15.9. The number of anilines is 1. The highest BCUT2D eigenvalue weighted by molar-refractivity contribution is 9.10. The molecule has 0 bridgehead atoms. The molecule has 7 heteroatoms. The maximum absolute atomic E-state index is 12.9. The lowest BCUT2D eigenvalue weighted by atomic mass is 10.1. The molecule has 1 fully saturated rings. The number of carbonyl (C=O) groups is 2. The number of hydrogen-bond acceptors (Lipinski definition) is 4.